The minimum atomic E-state index is -0.160. The Bertz CT molecular complexity index is 764. The van der Waals surface area contributed by atoms with Gasteiger partial charge in [0.1, 0.15) is 0 Å². The van der Waals surface area contributed by atoms with Gasteiger partial charge in [-0.1, -0.05) is 12.1 Å². The van der Waals surface area contributed by atoms with Crippen LogP contribution in [0, 0.1) is 0 Å². The van der Waals surface area contributed by atoms with E-state index in [1.807, 2.05) is 12.1 Å². The van der Waals surface area contributed by atoms with Gasteiger partial charge in [-0.2, -0.15) is 0 Å². The third-order valence-electron chi connectivity index (χ3n) is 4.26. The largest absolute Gasteiger partial charge is 0.370 e. The molecule has 1 heterocycles. The quantitative estimate of drug-likeness (QED) is 0.274. The molecular weight excluding hydrogens is 441 g/mol. The van der Waals surface area contributed by atoms with Crippen molar-refractivity contribution < 1.29 is 4.79 Å². The predicted molar refractivity (Wildman–Crippen MR) is 115 cm³/mol. The Labute approximate surface area is 170 Å². The highest BCUT2D eigenvalue weighted by Crippen LogP contribution is 2.27. The van der Waals surface area contributed by atoms with Gasteiger partial charge in [0.25, 0.3) is 5.91 Å². The number of halogens is 1. The van der Waals surface area contributed by atoms with Gasteiger partial charge in [-0.05, 0) is 55.0 Å². The first-order valence-corrected chi connectivity index (χ1v) is 8.60. The number of aromatic nitrogens is 1. The molecule has 4 N–H and O–H groups in total. The van der Waals surface area contributed by atoms with Crippen LogP contribution in [0.4, 0.5) is 5.69 Å². The van der Waals surface area contributed by atoms with Gasteiger partial charge in [-0.25, -0.2) is 0 Å². The molecule has 6 nitrogen and oxygen atoms in total. The van der Waals surface area contributed by atoms with Crippen LogP contribution in [0.25, 0.3) is 0 Å². The van der Waals surface area contributed by atoms with E-state index in [0.29, 0.717) is 24.6 Å². The van der Waals surface area contributed by atoms with Crippen molar-refractivity contribution in [2.24, 2.45) is 10.7 Å². The number of nitrogens with two attached hydrogens (primary N) is 1. The van der Waals surface area contributed by atoms with Gasteiger partial charge in [-0.3, -0.25) is 14.8 Å². The molecule has 2 aromatic rings. The fraction of sp³-hybridized carbons (Fsp3) is 0.316. The second-order valence-electron chi connectivity index (χ2n) is 6.04. The average molecular weight is 465 g/mol. The van der Waals surface area contributed by atoms with Crippen molar-refractivity contribution in [2.75, 3.05) is 18.4 Å². The van der Waals surface area contributed by atoms with Crippen molar-refractivity contribution >= 4 is 41.5 Å². The van der Waals surface area contributed by atoms with Gasteiger partial charge in [0.05, 0.1) is 12.1 Å². The van der Waals surface area contributed by atoms with Crippen LogP contribution in [0.15, 0.2) is 47.7 Å². The highest BCUT2D eigenvalue weighted by atomic mass is 127. The summed E-state index contributed by atoms with van der Waals surface area (Å²) in [4.78, 5) is 20.1. The fourth-order valence-electron chi connectivity index (χ4n) is 3.02. The molecule has 0 saturated heterocycles. The summed E-state index contributed by atoms with van der Waals surface area (Å²) in [7, 11) is 0. The molecular formula is C19H24IN5O. The number of hydrogen-bond acceptors (Lipinski definition) is 3. The monoisotopic (exact) mass is 465 g/mol. The molecule has 0 aliphatic heterocycles. The summed E-state index contributed by atoms with van der Waals surface area (Å²) in [6.07, 6.45) is 7.83. The molecule has 0 unspecified atom stereocenters. The molecule has 0 radical (unpaired) electrons. The van der Waals surface area contributed by atoms with Crippen molar-refractivity contribution in [3.8, 4) is 0 Å². The van der Waals surface area contributed by atoms with Crippen molar-refractivity contribution in [3.05, 3.63) is 59.4 Å². The second-order valence-corrected chi connectivity index (χ2v) is 6.04. The second kappa shape index (κ2) is 10.1. The number of carbonyl (C=O) groups excluding carboxylic acids is 1. The first-order valence-electron chi connectivity index (χ1n) is 8.60. The van der Waals surface area contributed by atoms with E-state index in [0.717, 1.165) is 18.5 Å². The lowest BCUT2D eigenvalue weighted by Crippen LogP contribution is -2.28. The van der Waals surface area contributed by atoms with E-state index >= 15 is 0 Å². The van der Waals surface area contributed by atoms with Gasteiger partial charge >= 0.3 is 0 Å². The third-order valence-corrected chi connectivity index (χ3v) is 4.26. The van der Waals surface area contributed by atoms with Crippen LogP contribution >= 0.6 is 24.0 Å². The molecule has 0 atom stereocenters. The highest BCUT2D eigenvalue weighted by Gasteiger charge is 2.13. The number of carbonyl (C=O) groups is 1. The molecule has 3 rings (SSSR count). The number of hydrogen-bond donors (Lipinski definition) is 3. The van der Waals surface area contributed by atoms with E-state index in [4.69, 9.17) is 5.73 Å². The van der Waals surface area contributed by atoms with Crippen molar-refractivity contribution in [1.82, 2.24) is 10.3 Å². The number of anilines is 1. The van der Waals surface area contributed by atoms with Crippen LogP contribution in [0.2, 0.25) is 0 Å². The number of pyridine rings is 1. The number of guanidine groups is 1. The molecule has 0 bridgehead atoms. The number of nitrogens with one attached hydrogen (secondary N) is 2. The number of amides is 1. The molecule has 1 amide bonds. The summed E-state index contributed by atoms with van der Waals surface area (Å²) in [5.74, 6) is 0.210. The number of benzene rings is 1. The molecule has 1 aliphatic rings. The van der Waals surface area contributed by atoms with Crippen LogP contribution in [-0.4, -0.2) is 29.9 Å². The van der Waals surface area contributed by atoms with Gasteiger partial charge in [0.2, 0.25) is 0 Å². The van der Waals surface area contributed by atoms with E-state index in [1.165, 1.54) is 30.2 Å². The minimum absolute atomic E-state index is 0. The number of aliphatic imine (C=N–C) groups is 1. The third kappa shape index (κ3) is 5.42. The molecule has 0 spiro atoms. The zero-order chi connectivity index (χ0) is 17.5. The fourth-order valence-corrected chi connectivity index (χ4v) is 3.02. The smallest absolute Gasteiger partial charge is 0.252 e. The van der Waals surface area contributed by atoms with E-state index in [9.17, 15) is 4.79 Å². The number of fused-ring (bicyclic) bond motifs is 1. The van der Waals surface area contributed by atoms with Gasteiger partial charge < -0.3 is 16.4 Å². The number of rotatable bonds is 5. The Morgan fingerprint density at radius 3 is 2.85 bits per heavy atom. The van der Waals surface area contributed by atoms with E-state index in [1.54, 1.807) is 18.3 Å². The molecule has 0 saturated carbocycles. The van der Waals surface area contributed by atoms with Crippen LogP contribution < -0.4 is 16.4 Å². The van der Waals surface area contributed by atoms with Crippen LogP contribution in [0.5, 0.6) is 0 Å². The molecule has 26 heavy (non-hydrogen) atoms. The maximum Gasteiger partial charge on any atom is 0.252 e. The molecule has 0 fully saturated rings. The van der Waals surface area contributed by atoms with Crippen molar-refractivity contribution in [1.29, 1.82) is 0 Å². The molecule has 1 aromatic heterocycles. The zero-order valence-corrected chi connectivity index (χ0v) is 16.9. The van der Waals surface area contributed by atoms with E-state index in [-0.39, 0.29) is 29.9 Å². The Balaban J connectivity index is 0.00000243. The topological polar surface area (TPSA) is 92.4 Å². The first kappa shape index (κ1) is 20.2. The van der Waals surface area contributed by atoms with Gasteiger partial charge in [0, 0.05) is 24.6 Å². The lowest BCUT2D eigenvalue weighted by molar-refractivity contribution is 0.0954. The Morgan fingerprint density at radius 1 is 1.19 bits per heavy atom. The minimum Gasteiger partial charge on any atom is -0.370 e. The van der Waals surface area contributed by atoms with Crippen molar-refractivity contribution in [2.45, 2.75) is 25.7 Å². The number of nitrogens with zero attached hydrogens (tertiary/aromatic N) is 2. The van der Waals surface area contributed by atoms with E-state index < -0.39 is 0 Å². The Kier molecular flexibility index (Phi) is 7.83. The summed E-state index contributed by atoms with van der Waals surface area (Å²) in [6, 6.07) is 9.72. The number of aryl methyl sites for hydroxylation is 1. The summed E-state index contributed by atoms with van der Waals surface area (Å²) in [5.41, 5.74) is 10.3. The van der Waals surface area contributed by atoms with Gasteiger partial charge in [-0.15, -0.1) is 24.0 Å². The van der Waals surface area contributed by atoms with Gasteiger partial charge in [0.15, 0.2) is 5.96 Å². The molecule has 138 valence electrons. The normalized spacial score (nSPS) is 13.3. The van der Waals surface area contributed by atoms with Crippen LogP contribution in [0.1, 0.15) is 34.3 Å². The SMILES string of the molecule is I.NC(=NCCNC(=O)c1cccnc1)Nc1cccc2c1CCCC2. The van der Waals surface area contributed by atoms with Crippen LogP contribution in [-0.2, 0) is 12.8 Å². The Hall–Kier alpha value is -2.16. The lowest BCUT2D eigenvalue weighted by Gasteiger charge is -2.19. The average Bonchev–Trinajstić information content (AvgIpc) is 2.66. The van der Waals surface area contributed by atoms with Crippen molar-refractivity contribution in [3.63, 3.8) is 0 Å². The maximum atomic E-state index is 11.9. The molecule has 1 aromatic carbocycles. The lowest BCUT2D eigenvalue weighted by atomic mass is 9.90. The highest BCUT2D eigenvalue weighted by molar-refractivity contribution is 14.0. The summed E-state index contributed by atoms with van der Waals surface area (Å²) in [6.45, 7) is 0.836. The predicted octanol–water partition coefficient (Wildman–Crippen LogP) is 2.74. The van der Waals surface area contributed by atoms with Crippen LogP contribution in [0.3, 0.4) is 0 Å². The molecule has 1 aliphatic carbocycles. The summed E-state index contributed by atoms with van der Waals surface area (Å²) in [5, 5.41) is 5.99. The molecule has 7 heteroatoms. The summed E-state index contributed by atoms with van der Waals surface area (Å²) < 4.78 is 0. The Morgan fingerprint density at radius 2 is 2.04 bits per heavy atom. The maximum absolute atomic E-state index is 11.9. The zero-order valence-electron chi connectivity index (χ0n) is 14.6. The van der Waals surface area contributed by atoms with E-state index in [2.05, 4.69) is 26.7 Å². The standard InChI is InChI=1S/C19H23N5O.HI/c20-19(23-12-11-22-18(25)15-7-4-10-21-13-15)24-17-9-3-6-14-5-1-2-8-16(14)17;/h3-4,6-7,9-10,13H,1-2,5,8,11-12H2,(H,22,25)(H3,20,23,24);1H. The first-order chi connectivity index (χ1) is 12.2. The summed E-state index contributed by atoms with van der Waals surface area (Å²) >= 11 is 0.